The van der Waals surface area contributed by atoms with Crippen LogP contribution in [0.15, 0.2) is 0 Å². The normalized spacial score (nSPS) is 13.9. The van der Waals surface area contributed by atoms with Crippen LogP contribution in [0, 0.1) is 0 Å². The number of nitrogens with zero attached hydrogens (tertiary/aromatic N) is 1. The molecular formula is C7H19N3O. The zero-order valence-electron chi connectivity index (χ0n) is 7.16. The zero-order chi connectivity index (χ0) is 8.69. The van der Waals surface area contributed by atoms with Crippen LogP contribution in [0.5, 0.6) is 0 Å². The van der Waals surface area contributed by atoms with Gasteiger partial charge in [0.1, 0.15) is 0 Å². The topological polar surface area (TPSA) is 75.5 Å². The molecule has 0 aromatic heterocycles. The molecule has 0 saturated heterocycles. The van der Waals surface area contributed by atoms with Crippen LogP contribution in [0.3, 0.4) is 0 Å². The second kappa shape index (κ2) is 6.54. The number of hydrogen-bond acceptors (Lipinski definition) is 4. The average Bonchev–Trinajstić information content (AvgIpc) is 1.87. The first-order valence-corrected chi connectivity index (χ1v) is 4.01. The largest absolute Gasteiger partial charge is 0.392 e. The van der Waals surface area contributed by atoms with Gasteiger partial charge < -0.3 is 16.6 Å². The zero-order valence-corrected chi connectivity index (χ0v) is 7.16. The summed E-state index contributed by atoms with van der Waals surface area (Å²) in [6.07, 6.45) is -0.298. The van der Waals surface area contributed by atoms with Crippen molar-refractivity contribution in [2.45, 2.75) is 13.0 Å². The lowest BCUT2D eigenvalue weighted by atomic mass is 10.3. The van der Waals surface area contributed by atoms with E-state index >= 15 is 0 Å². The first-order valence-electron chi connectivity index (χ1n) is 4.01. The minimum Gasteiger partial charge on any atom is -0.392 e. The monoisotopic (exact) mass is 161 g/mol. The van der Waals surface area contributed by atoms with E-state index in [0.29, 0.717) is 19.6 Å². The van der Waals surface area contributed by atoms with E-state index in [1.54, 1.807) is 6.92 Å². The van der Waals surface area contributed by atoms with E-state index in [0.717, 1.165) is 13.1 Å². The SMILES string of the molecule is CC(O)CN(CCN)CCN. The van der Waals surface area contributed by atoms with Crippen molar-refractivity contribution in [2.24, 2.45) is 11.5 Å². The molecule has 4 nitrogen and oxygen atoms in total. The van der Waals surface area contributed by atoms with Crippen LogP contribution in [-0.4, -0.2) is 48.8 Å². The van der Waals surface area contributed by atoms with Crippen molar-refractivity contribution in [2.75, 3.05) is 32.7 Å². The van der Waals surface area contributed by atoms with E-state index < -0.39 is 0 Å². The molecule has 0 aliphatic heterocycles. The van der Waals surface area contributed by atoms with Gasteiger partial charge >= 0.3 is 0 Å². The summed E-state index contributed by atoms with van der Waals surface area (Å²) in [6, 6.07) is 0. The van der Waals surface area contributed by atoms with Crippen LogP contribution in [0.4, 0.5) is 0 Å². The summed E-state index contributed by atoms with van der Waals surface area (Å²) in [4.78, 5) is 2.06. The van der Waals surface area contributed by atoms with Crippen LogP contribution in [0.25, 0.3) is 0 Å². The van der Waals surface area contributed by atoms with Gasteiger partial charge in [0.15, 0.2) is 0 Å². The quantitative estimate of drug-likeness (QED) is 0.447. The predicted molar refractivity (Wildman–Crippen MR) is 46.2 cm³/mol. The molecule has 0 aromatic carbocycles. The van der Waals surface area contributed by atoms with Crippen molar-refractivity contribution in [1.29, 1.82) is 0 Å². The van der Waals surface area contributed by atoms with E-state index in [-0.39, 0.29) is 6.10 Å². The molecule has 0 aliphatic carbocycles. The summed E-state index contributed by atoms with van der Waals surface area (Å²) in [5.74, 6) is 0. The third-order valence-corrected chi connectivity index (χ3v) is 1.41. The highest BCUT2D eigenvalue weighted by atomic mass is 16.3. The standard InChI is InChI=1S/C7H19N3O/c1-7(11)6-10(4-2-8)5-3-9/h7,11H,2-6,8-9H2,1H3. The Kier molecular flexibility index (Phi) is 6.45. The first-order chi connectivity index (χ1) is 5.20. The van der Waals surface area contributed by atoms with Crippen molar-refractivity contribution in [3.63, 3.8) is 0 Å². The minimum absolute atomic E-state index is 0.298. The van der Waals surface area contributed by atoms with Crippen LogP contribution in [0.1, 0.15) is 6.92 Å². The molecule has 1 atom stereocenters. The second-order valence-electron chi connectivity index (χ2n) is 2.73. The highest BCUT2D eigenvalue weighted by Crippen LogP contribution is 1.89. The maximum Gasteiger partial charge on any atom is 0.0639 e. The molecule has 0 bridgehead atoms. The van der Waals surface area contributed by atoms with Gasteiger partial charge in [-0.3, -0.25) is 4.90 Å². The molecule has 0 fully saturated rings. The second-order valence-corrected chi connectivity index (χ2v) is 2.73. The number of aliphatic hydroxyl groups is 1. The highest BCUT2D eigenvalue weighted by Gasteiger charge is 2.04. The molecule has 0 saturated carbocycles. The molecule has 0 heterocycles. The molecule has 68 valence electrons. The molecule has 0 aromatic rings. The van der Waals surface area contributed by atoms with E-state index in [2.05, 4.69) is 4.90 Å². The van der Waals surface area contributed by atoms with Gasteiger partial charge in [-0.1, -0.05) is 0 Å². The smallest absolute Gasteiger partial charge is 0.0639 e. The van der Waals surface area contributed by atoms with Crippen LogP contribution in [-0.2, 0) is 0 Å². The van der Waals surface area contributed by atoms with Gasteiger partial charge in [-0.25, -0.2) is 0 Å². The maximum atomic E-state index is 9.05. The Morgan fingerprint density at radius 1 is 1.27 bits per heavy atom. The Balaban J connectivity index is 3.50. The third kappa shape index (κ3) is 6.25. The number of hydrogen-bond donors (Lipinski definition) is 3. The molecule has 4 heteroatoms. The molecule has 5 N–H and O–H groups in total. The number of nitrogens with two attached hydrogens (primary N) is 2. The summed E-state index contributed by atoms with van der Waals surface area (Å²) >= 11 is 0. The fraction of sp³-hybridized carbons (Fsp3) is 1.00. The fourth-order valence-corrected chi connectivity index (χ4v) is 1.03. The highest BCUT2D eigenvalue weighted by molar-refractivity contribution is 4.61. The van der Waals surface area contributed by atoms with E-state index in [4.69, 9.17) is 16.6 Å². The van der Waals surface area contributed by atoms with Gasteiger partial charge in [-0.2, -0.15) is 0 Å². The Morgan fingerprint density at radius 2 is 1.73 bits per heavy atom. The van der Waals surface area contributed by atoms with Crippen molar-refractivity contribution < 1.29 is 5.11 Å². The molecule has 0 amide bonds. The fourth-order valence-electron chi connectivity index (χ4n) is 1.03. The Labute approximate surface area is 68.2 Å². The lowest BCUT2D eigenvalue weighted by Crippen LogP contribution is -2.38. The van der Waals surface area contributed by atoms with E-state index in [1.165, 1.54) is 0 Å². The van der Waals surface area contributed by atoms with Gasteiger partial charge in [0.25, 0.3) is 0 Å². The summed E-state index contributed by atoms with van der Waals surface area (Å²) < 4.78 is 0. The Hall–Kier alpha value is -0.160. The van der Waals surface area contributed by atoms with E-state index in [9.17, 15) is 0 Å². The maximum absolute atomic E-state index is 9.05. The molecule has 1 unspecified atom stereocenters. The summed E-state index contributed by atoms with van der Waals surface area (Å²) in [5.41, 5.74) is 10.7. The molecule has 0 spiro atoms. The number of rotatable bonds is 6. The summed E-state index contributed by atoms with van der Waals surface area (Å²) in [6.45, 7) is 5.28. The van der Waals surface area contributed by atoms with Gasteiger partial charge in [0.2, 0.25) is 0 Å². The molecule has 0 rings (SSSR count). The van der Waals surface area contributed by atoms with Crippen molar-refractivity contribution in [1.82, 2.24) is 4.90 Å². The number of aliphatic hydroxyl groups excluding tert-OH is 1. The van der Waals surface area contributed by atoms with Crippen molar-refractivity contribution in [3.8, 4) is 0 Å². The van der Waals surface area contributed by atoms with Crippen LogP contribution < -0.4 is 11.5 Å². The molecule has 0 radical (unpaired) electrons. The first kappa shape index (κ1) is 10.8. The Morgan fingerprint density at radius 3 is 2.00 bits per heavy atom. The third-order valence-electron chi connectivity index (χ3n) is 1.41. The van der Waals surface area contributed by atoms with E-state index in [1.807, 2.05) is 0 Å². The minimum atomic E-state index is -0.298. The molecule has 11 heavy (non-hydrogen) atoms. The van der Waals surface area contributed by atoms with Crippen molar-refractivity contribution in [3.05, 3.63) is 0 Å². The lowest BCUT2D eigenvalue weighted by Gasteiger charge is -2.21. The molecule has 0 aliphatic rings. The molecular weight excluding hydrogens is 142 g/mol. The summed E-state index contributed by atoms with van der Waals surface area (Å²) in [7, 11) is 0. The van der Waals surface area contributed by atoms with Crippen LogP contribution in [0.2, 0.25) is 0 Å². The average molecular weight is 161 g/mol. The summed E-state index contributed by atoms with van der Waals surface area (Å²) in [5, 5.41) is 9.05. The predicted octanol–water partition coefficient (Wildman–Crippen LogP) is -1.41. The Bertz CT molecular complexity index is 81.8. The van der Waals surface area contributed by atoms with Gasteiger partial charge in [0.05, 0.1) is 6.10 Å². The van der Waals surface area contributed by atoms with Crippen LogP contribution >= 0.6 is 0 Å². The lowest BCUT2D eigenvalue weighted by molar-refractivity contribution is 0.130. The van der Waals surface area contributed by atoms with Crippen molar-refractivity contribution >= 4 is 0 Å². The van der Waals surface area contributed by atoms with Gasteiger partial charge in [-0.05, 0) is 6.92 Å². The van der Waals surface area contributed by atoms with Gasteiger partial charge in [-0.15, -0.1) is 0 Å². The van der Waals surface area contributed by atoms with Gasteiger partial charge in [0, 0.05) is 32.7 Å².